The second kappa shape index (κ2) is 9.05. The fraction of sp³-hybridized carbons (Fsp3) is 0.579. The summed E-state index contributed by atoms with van der Waals surface area (Å²) in [4.78, 5) is 14.9. The molecule has 0 spiro atoms. The molecule has 0 saturated carbocycles. The van der Waals surface area contributed by atoms with Crippen molar-refractivity contribution in [3.8, 4) is 6.07 Å². The molecule has 0 aromatic heterocycles. The zero-order valence-corrected chi connectivity index (χ0v) is 16.0. The second-order valence-corrected chi connectivity index (χ2v) is 7.62. The molecule has 140 valence electrons. The van der Waals surface area contributed by atoms with Gasteiger partial charge in [-0.05, 0) is 37.8 Å². The van der Waals surface area contributed by atoms with Crippen molar-refractivity contribution in [3.05, 3.63) is 33.8 Å². The molecule has 0 amide bonds. The molecule has 7 heteroatoms. The van der Waals surface area contributed by atoms with E-state index in [2.05, 4.69) is 11.0 Å². The predicted molar refractivity (Wildman–Crippen MR) is 99.0 cm³/mol. The molecular formula is C19H22Cl2N2O3. The minimum absolute atomic E-state index is 0.0966. The van der Waals surface area contributed by atoms with Gasteiger partial charge in [0.1, 0.15) is 6.10 Å². The molecule has 0 unspecified atom stereocenters. The van der Waals surface area contributed by atoms with E-state index in [1.54, 1.807) is 12.1 Å². The molecule has 0 aliphatic carbocycles. The Labute approximate surface area is 163 Å². The Kier molecular flexibility index (Phi) is 6.77. The Morgan fingerprint density at radius 3 is 2.77 bits per heavy atom. The van der Waals surface area contributed by atoms with Gasteiger partial charge in [-0.2, -0.15) is 5.26 Å². The number of hydrogen-bond donors (Lipinski definition) is 0. The van der Waals surface area contributed by atoms with E-state index in [9.17, 15) is 4.79 Å². The summed E-state index contributed by atoms with van der Waals surface area (Å²) in [7, 11) is 0. The van der Waals surface area contributed by atoms with E-state index in [1.807, 2.05) is 6.07 Å². The molecule has 5 nitrogen and oxygen atoms in total. The summed E-state index contributed by atoms with van der Waals surface area (Å²) in [5.74, 6) is -0.584. The first kappa shape index (κ1) is 19.4. The molecule has 0 N–H and O–H groups in total. The van der Waals surface area contributed by atoms with Crippen molar-refractivity contribution in [2.75, 3.05) is 26.2 Å². The average Bonchev–Trinajstić information content (AvgIpc) is 2.64. The van der Waals surface area contributed by atoms with Crippen molar-refractivity contribution in [3.63, 3.8) is 0 Å². The van der Waals surface area contributed by atoms with Crippen molar-refractivity contribution in [1.82, 2.24) is 4.90 Å². The Morgan fingerprint density at radius 2 is 2.08 bits per heavy atom. The van der Waals surface area contributed by atoms with Crippen LogP contribution in [0.3, 0.4) is 0 Å². The maximum absolute atomic E-state index is 12.8. The van der Waals surface area contributed by atoms with Gasteiger partial charge >= 0.3 is 5.97 Å². The number of piperidine rings is 1. The van der Waals surface area contributed by atoms with Crippen molar-refractivity contribution in [2.24, 2.45) is 5.92 Å². The summed E-state index contributed by atoms with van der Waals surface area (Å²) in [6, 6.07) is 7.41. The number of hydrogen-bond acceptors (Lipinski definition) is 5. The summed E-state index contributed by atoms with van der Waals surface area (Å²) in [6.45, 7) is 2.58. The Bertz CT molecular complexity index is 684. The van der Waals surface area contributed by atoms with E-state index < -0.39 is 6.10 Å². The van der Waals surface area contributed by atoms with E-state index in [-0.39, 0.29) is 18.0 Å². The maximum Gasteiger partial charge on any atom is 0.312 e. The summed E-state index contributed by atoms with van der Waals surface area (Å²) in [5.41, 5.74) is 0.779. The molecule has 3 rings (SSSR count). The van der Waals surface area contributed by atoms with E-state index in [0.717, 1.165) is 44.3 Å². The number of carbonyl (C=O) groups excluding carboxylic acids is 1. The summed E-state index contributed by atoms with van der Waals surface area (Å²) < 4.78 is 11.7. The normalized spacial score (nSPS) is 24.8. The molecule has 1 aromatic rings. The highest BCUT2D eigenvalue weighted by Crippen LogP contribution is 2.39. The van der Waals surface area contributed by atoms with Gasteiger partial charge in [-0.3, -0.25) is 9.69 Å². The van der Waals surface area contributed by atoms with Crippen LogP contribution in [0.1, 0.15) is 37.4 Å². The lowest BCUT2D eigenvalue weighted by molar-refractivity contribution is -0.166. The van der Waals surface area contributed by atoms with Crippen LogP contribution in [0.4, 0.5) is 0 Å². The highest BCUT2D eigenvalue weighted by Gasteiger charge is 2.37. The van der Waals surface area contributed by atoms with Gasteiger partial charge in [-0.15, -0.1) is 0 Å². The van der Waals surface area contributed by atoms with Gasteiger partial charge in [-0.1, -0.05) is 29.3 Å². The Balaban J connectivity index is 1.64. The number of halogens is 2. The van der Waals surface area contributed by atoms with E-state index in [0.29, 0.717) is 23.2 Å². The average molecular weight is 397 g/mol. The third kappa shape index (κ3) is 4.69. The molecule has 2 atom stereocenters. The van der Waals surface area contributed by atoms with Crippen LogP contribution in [0, 0.1) is 17.2 Å². The van der Waals surface area contributed by atoms with Crippen LogP contribution in [0.25, 0.3) is 0 Å². The summed E-state index contributed by atoms with van der Waals surface area (Å²) in [6.07, 6.45) is 2.55. The van der Waals surface area contributed by atoms with Crippen molar-refractivity contribution in [1.29, 1.82) is 5.26 Å². The zero-order valence-electron chi connectivity index (χ0n) is 14.5. The van der Waals surface area contributed by atoms with Crippen LogP contribution in [0.5, 0.6) is 0 Å². The SMILES string of the molecule is N#CCN1CCC(OC(=O)[C@@H]2CCCO[C@@H]2c2ccc(Cl)cc2Cl)CC1. The lowest BCUT2D eigenvalue weighted by atomic mass is 9.89. The smallest absolute Gasteiger partial charge is 0.312 e. The van der Waals surface area contributed by atoms with E-state index in [1.165, 1.54) is 0 Å². The fourth-order valence-corrected chi connectivity index (χ4v) is 4.11. The van der Waals surface area contributed by atoms with Crippen LogP contribution in [-0.4, -0.2) is 43.2 Å². The fourth-order valence-electron chi connectivity index (χ4n) is 3.60. The van der Waals surface area contributed by atoms with Gasteiger partial charge in [0.2, 0.25) is 0 Å². The highest BCUT2D eigenvalue weighted by molar-refractivity contribution is 6.35. The molecule has 26 heavy (non-hydrogen) atoms. The number of esters is 1. The first-order valence-electron chi connectivity index (χ1n) is 8.95. The third-order valence-electron chi connectivity index (χ3n) is 5.01. The molecule has 2 fully saturated rings. The molecule has 0 radical (unpaired) electrons. The first-order chi connectivity index (χ1) is 12.6. The van der Waals surface area contributed by atoms with Crippen molar-refractivity contribution >= 4 is 29.2 Å². The largest absolute Gasteiger partial charge is 0.462 e. The minimum Gasteiger partial charge on any atom is -0.462 e. The van der Waals surface area contributed by atoms with Crippen molar-refractivity contribution < 1.29 is 14.3 Å². The lowest BCUT2D eigenvalue weighted by Gasteiger charge is -2.34. The number of likely N-dealkylation sites (tertiary alicyclic amines) is 1. The highest BCUT2D eigenvalue weighted by atomic mass is 35.5. The second-order valence-electron chi connectivity index (χ2n) is 6.78. The number of nitriles is 1. The number of nitrogens with zero attached hydrogens (tertiary/aromatic N) is 2. The number of ether oxygens (including phenoxy) is 2. The molecule has 2 aliphatic heterocycles. The molecule has 2 aliphatic rings. The van der Waals surface area contributed by atoms with E-state index in [4.69, 9.17) is 37.9 Å². The van der Waals surface area contributed by atoms with Gasteiger partial charge < -0.3 is 9.47 Å². The van der Waals surface area contributed by atoms with Gasteiger partial charge in [-0.25, -0.2) is 0 Å². The molecule has 2 saturated heterocycles. The molecular weight excluding hydrogens is 375 g/mol. The van der Waals surface area contributed by atoms with Crippen LogP contribution in [-0.2, 0) is 14.3 Å². The number of benzene rings is 1. The topological polar surface area (TPSA) is 62.6 Å². The number of carbonyl (C=O) groups is 1. The Morgan fingerprint density at radius 1 is 1.31 bits per heavy atom. The summed E-state index contributed by atoms with van der Waals surface area (Å²) in [5, 5.41) is 9.83. The number of rotatable bonds is 4. The molecule has 0 bridgehead atoms. The zero-order chi connectivity index (χ0) is 18.5. The van der Waals surface area contributed by atoms with Crippen LogP contribution in [0.15, 0.2) is 18.2 Å². The first-order valence-corrected chi connectivity index (χ1v) is 9.70. The third-order valence-corrected chi connectivity index (χ3v) is 5.57. The quantitative estimate of drug-likeness (QED) is 0.568. The van der Waals surface area contributed by atoms with Crippen LogP contribution >= 0.6 is 23.2 Å². The molecule has 2 heterocycles. The lowest BCUT2D eigenvalue weighted by Crippen LogP contribution is -2.40. The predicted octanol–water partition coefficient (Wildman–Crippen LogP) is 3.99. The van der Waals surface area contributed by atoms with E-state index >= 15 is 0 Å². The maximum atomic E-state index is 12.8. The van der Waals surface area contributed by atoms with Crippen LogP contribution in [0.2, 0.25) is 10.0 Å². The molecule has 1 aromatic carbocycles. The van der Waals surface area contributed by atoms with Gasteiger partial charge in [0.25, 0.3) is 0 Å². The monoisotopic (exact) mass is 396 g/mol. The summed E-state index contributed by atoms with van der Waals surface area (Å²) >= 11 is 12.3. The standard InChI is InChI=1S/C19H22Cl2N2O3/c20-13-3-4-15(17(21)12-13)18-16(2-1-11-25-18)19(24)26-14-5-8-23(9-6-14)10-7-22/h3-4,12,14,16,18H,1-2,5-6,8-11H2/t16-,18-/m1/s1. The van der Waals surface area contributed by atoms with Gasteiger partial charge in [0, 0.05) is 35.3 Å². The van der Waals surface area contributed by atoms with Crippen LogP contribution < -0.4 is 0 Å². The van der Waals surface area contributed by atoms with Crippen molar-refractivity contribution in [2.45, 2.75) is 37.9 Å². The Hall–Kier alpha value is -1.32. The van der Waals surface area contributed by atoms with Gasteiger partial charge in [0.05, 0.1) is 24.6 Å². The minimum atomic E-state index is -0.403. The van der Waals surface area contributed by atoms with Gasteiger partial charge in [0.15, 0.2) is 0 Å².